The average Bonchev–Trinajstić information content (AvgIpc) is 2.79. The first-order valence-electron chi connectivity index (χ1n) is 9.47. The van der Waals surface area contributed by atoms with Gasteiger partial charge in [-0.15, -0.1) is 6.42 Å². The van der Waals surface area contributed by atoms with E-state index in [1.165, 1.54) is 31.3 Å². The fourth-order valence-corrected chi connectivity index (χ4v) is 2.83. The van der Waals surface area contributed by atoms with E-state index in [4.69, 9.17) is 11.2 Å². The molecule has 0 saturated carbocycles. The third kappa shape index (κ3) is 5.25. The van der Waals surface area contributed by atoms with E-state index in [1.807, 2.05) is 30.3 Å². The molecule has 0 saturated heterocycles. The van der Waals surface area contributed by atoms with Crippen LogP contribution >= 0.6 is 0 Å². The van der Waals surface area contributed by atoms with Crippen LogP contribution in [-0.4, -0.2) is 24.6 Å². The molecular weight excluding hydrogens is 397 g/mol. The molecule has 31 heavy (non-hydrogen) atoms. The maximum Gasteiger partial charge on any atom is 0.252 e. The van der Waals surface area contributed by atoms with E-state index in [1.54, 1.807) is 12.1 Å². The predicted octanol–water partition coefficient (Wildman–Crippen LogP) is 3.72. The highest BCUT2D eigenvalue weighted by molar-refractivity contribution is 6.07. The third-order valence-corrected chi connectivity index (χ3v) is 4.53. The molecule has 0 fully saturated rings. The molecule has 2 amide bonds. The van der Waals surface area contributed by atoms with Gasteiger partial charge in [-0.2, -0.15) is 5.10 Å². The Bertz CT molecular complexity index is 1180. The van der Waals surface area contributed by atoms with Crippen molar-refractivity contribution in [1.82, 2.24) is 5.43 Å². The van der Waals surface area contributed by atoms with Crippen molar-refractivity contribution in [2.24, 2.45) is 11.0 Å². The van der Waals surface area contributed by atoms with Gasteiger partial charge in [0.15, 0.2) is 0 Å². The molecule has 7 heteroatoms. The lowest BCUT2D eigenvalue weighted by atomic mass is 10.0. The maximum atomic E-state index is 13.7. The van der Waals surface area contributed by atoms with Gasteiger partial charge in [-0.05, 0) is 35.9 Å². The Kier molecular flexibility index (Phi) is 6.97. The first-order valence-corrected chi connectivity index (χ1v) is 9.47. The topological polar surface area (TPSA) is 79.8 Å². The summed E-state index contributed by atoms with van der Waals surface area (Å²) in [6.45, 7) is 1.49. The Morgan fingerprint density at radius 1 is 1.13 bits per heavy atom. The highest BCUT2D eigenvalue weighted by Gasteiger charge is 2.22. The van der Waals surface area contributed by atoms with Crippen LogP contribution in [-0.2, 0) is 9.59 Å². The summed E-state index contributed by atoms with van der Waals surface area (Å²) in [5, 5.41) is 8.19. The van der Waals surface area contributed by atoms with Crippen LogP contribution < -0.4 is 15.5 Å². The predicted molar refractivity (Wildman–Crippen MR) is 118 cm³/mol. The van der Waals surface area contributed by atoms with Gasteiger partial charge in [-0.25, -0.2) is 9.82 Å². The lowest BCUT2D eigenvalue weighted by Crippen LogP contribution is -2.34. The van der Waals surface area contributed by atoms with Crippen molar-refractivity contribution >= 4 is 34.5 Å². The Morgan fingerprint density at radius 2 is 1.87 bits per heavy atom. The summed E-state index contributed by atoms with van der Waals surface area (Å²) in [5.41, 5.74) is 2.98. The molecule has 0 spiro atoms. The van der Waals surface area contributed by atoms with E-state index in [0.29, 0.717) is 11.3 Å². The summed E-state index contributed by atoms with van der Waals surface area (Å²) < 4.78 is 19.3. The second-order valence-corrected chi connectivity index (χ2v) is 6.62. The molecule has 0 aliphatic rings. The number of benzene rings is 3. The number of anilines is 1. The van der Waals surface area contributed by atoms with Crippen LogP contribution in [0.15, 0.2) is 65.8 Å². The van der Waals surface area contributed by atoms with Gasteiger partial charge in [-0.3, -0.25) is 9.59 Å². The van der Waals surface area contributed by atoms with E-state index < -0.39 is 23.5 Å². The Balaban J connectivity index is 1.73. The number of terminal acetylenes is 1. The molecule has 2 N–H and O–H groups in total. The number of hydrogen-bond acceptors (Lipinski definition) is 4. The fourth-order valence-electron chi connectivity index (χ4n) is 2.83. The molecule has 6 nitrogen and oxygen atoms in total. The summed E-state index contributed by atoms with van der Waals surface area (Å²) in [6.07, 6.45) is 6.72. The molecule has 3 aromatic carbocycles. The summed E-state index contributed by atoms with van der Waals surface area (Å²) >= 11 is 0. The molecule has 1 atom stereocenters. The lowest BCUT2D eigenvalue weighted by Gasteiger charge is -2.12. The highest BCUT2D eigenvalue weighted by Crippen LogP contribution is 2.26. The van der Waals surface area contributed by atoms with Crippen LogP contribution in [0.1, 0.15) is 12.5 Å². The number of nitrogens with zero attached hydrogens (tertiary/aromatic N) is 1. The van der Waals surface area contributed by atoms with Crippen molar-refractivity contribution in [3.63, 3.8) is 0 Å². The van der Waals surface area contributed by atoms with Gasteiger partial charge in [0.25, 0.3) is 5.91 Å². The van der Waals surface area contributed by atoms with Crippen LogP contribution in [0.3, 0.4) is 0 Å². The molecule has 1 unspecified atom stereocenters. The SMILES string of the molecule is C#CCOc1ccc2ccccc2c1C=NNC(=O)C(C)C(=O)Nc1ccccc1F. The number of carbonyl (C=O) groups is 2. The molecule has 0 radical (unpaired) electrons. The van der Waals surface area contributed by atoms with Crippen molar-refractivity contribution < 1.29 is 18.7 Å². The van der Waals surface area contributed by atoms with E-state index in [0.717, 1.165) is 10.8 Å². The summed E-state index contributed by atoms with van der Waals surface area (Å²) in [5.74, 6) is -0.0528. The smallest absolute Gasteiger partial charge is 0.252 e. The normalized spacial score (nSPS) is 11.6. The summed E-state index contributed by atoms with van der Waals surface area (Å²) in [4.78, 5) is 24.6. The number of para-hydroxylation sites is 1. The van der Waals surface area contributed by atoms with Gasteiger partial charge in [0.2, 0.25) is 5.91 Å². The lowest BCUT2D eigenvalue weighted by molar-refractivity contribution is -0.131. The van der Waals surface area contributed by atoms with Gasteiger partial charge in [0.05, 0.1) is 11.9 Å². The largest absolute Gasteiger partial charge is 0.480 e. The van der Waals surface area contributed by atoms with Gasteiger partial charge in [0, 0.05) is 5.56 Å². The zero-order valence-corrected chi connectivity index (χ0v) is 16.8. The molecule has 0 bridgehead atoms. The number of carbonyl (C=O) groups excluding carboxylic acids is 2. The van der Waals surface area contributed by atoms with Crippen LogP contribution in [0, 0.1) is 24.1 Å². The Hall–Kier alpha value is -4.18. The molecule has 0 aromatic heterocycles. The molecule has 156 valence electrons. The average molecular weight is 417 g/mol. The molecule has 0 aliphatic carbocycles. The number of nitrogens with one attached hydrogen (secondary N) is 2. The molecule has 0 aliphatic heterocycles. The Morgan fingerprint density at radius 3 is 2.65 bits per heavy atom. The maximum absolute atomic E-state index is 13.7. The summed E-state index contributed by atoms with van der Waals surface area (Å²) in [7, 11) is 0. The number of amides is 2. The van der Waals surface area contributed by atoms with Gasteiger partial charge < -0.3 is 10.1 Å². The zero-order chi connectivity index (χ0) is 22.2. The number of ether oxygens (including phenoxy) is 1. The van der Waals surface area contributed by atoms with Gasteiger partial charge in [0.1, 0.15) is 24.1 Å². The minimum Gasteiger partial charge on any atom is -0.480 e. The number of hydrazone groups is 1. The van der Waals surface area contributed by atoms with E-state index >= 15 is 0 Å². The van der Waals surface area contributed by atoms with Crippen molar-refractivity contribution in [3.05, 3.63) is 72.0 Å². The minimum atomic E-state index is -1.10. The molecule has 0 heterocycles. The second-order valence-electron chi connectivity index (χ2n) is 6.62. The number of halogens is 1. The third-order valence-electron chi connectivity index (χ3n) is 4.53. The zero-order valence-electron chi connectivity index (χ0n) is 16.8. The number of hydrogen-bond donors (Lipinski definition) is 2. The quantitative estimate of drug-likeness (QED) is 0.266. The van der Waals surface area contributed by atoms with Crippen LogP contribution in [0.4, 0.5) is 10.1 Å². The first-order chi connectivity index (χ1) is 15.0. The van der Waals surface area contributed by atoms with Crippen LogP contribution in [0.25, 0.3) is 10.8 Å². The monoisotopic (exact) mass is 417 g/mol. The Labute approximate surface area is 179 Å². The van der Waals surface area contributed by atoms with Crippen LogP contribution in [0.2, 0.25) is 0 Å². The van der Waals surface area contributed by atoms with Crippen molar-refractivity contribution in [3.8, 4) is 18.1 Å². The number of fused-ring (bicyclic) bond motifs is 1. The second kappa shape index (κ2) is 10.0. The molecule has 3 rings (SSSR count). The first kappa shape index (κ1) is 21.5. The molecule has 3 aromatic rings. The molecular formula is C24H20FN3O3. The van der Waals surface area contributed by atoms with Crippen molar-refractivity contribution in [2.45, 2.75) is 6.92 Å². The van der Waals surface area contributed by atoms with Crippen molar-refractivity contribution in [1.29, 1.82) is 0 Å². The van der Waals surface area contributed by atoms with E-state index in [2.05, 4.69) is 21.8 Å². The van der Waals surface area contributed by atoms with E-state index in [9.17, 15) is 14.0 Å². The van der Waals surface area contributed by atoms with Gasteiger partial charge >= 0.3 is 0 Å². The minimum absolute atomic E-state index is 0.00158. The standard InChI is InChI=1S/C24H20FN3O3/c1-3-14-31-22-13-12-17-8-4-5-9-18(17)19(22)15-26-28-24(30)16(2)23(29)27-21-11-7-6-10-20(21)25/h1,4-13,15-16H,14H2,2H3,(H,27,29)(H,28,30). The van der Waals surface area contributed by atoms with Crippen LogP contribution in [0.5, 0.6) is 5.75 Å². The highest BCUT2D eigenvalue weighted by atomic mass is 19.1. The summed E-state index contributed by atoms with van der Waals surface area (Å²) in [6, 6.07) is 17.0. The van der Waals surface area contributed by atoms with Crippen molar-refractivity contribution in [2.75, 3.05) is 11.9 Å². The number of rotatable bonds is 7. The van der Waals surface area contributed by atoms with Gasteiger partial charge in [-0.1, -0.05) is 48.4 Å². The van der Waals surface area contributed by atoms with E-state index in [-0.39, 0.29) is 12.3 Å². The fraction of sp³-hybridized carbons (Fsp3) is 0.125.